The molecule has 0 aliphatic heterocycles. The maximum Gasteiger partial charge on any atom is -0.0316 e. The maximum atomic E-state index is 3.90. The Labute approximate surface area is 123 Å². The summed E-state index contributed by atoms with van der Waals surface area (Å²) in [5.74, 6) is 1.79. The fourth-order valence-electron chi connectivity index (χ4n) is 2.71. The van der Waals surface area contributed by atoms with Crippen LogP contribution in [-0.2, 0) is 0 Å². The quantitative estimate of drug-likeness (QED) is 0.322. The molecule has 1 unspecified atom stereocenters. The van der Waals surface area contributed by atoms with Crippen LogP contribution >= 0.6 is 0 Å². The van der Waals surface area contributed by atoms with Gasteiger partial charge in [0, 0.05) is 0 Å². The Morgan fingerprint density at radius 3 is 2.00 bits per heavy atom. The summed E-state index contributed by atoms with van der Waals surface area (Å²) in [6, 6.07) is 0. The van der Waals surface area contributed by atoms with E-state index >= 15 is 0 Å². The average molecular weight is 264 g/mol. The highest BCUT2D eigenvalue weighted by atomic mass is 14.2. The van der Waals surface area contributed by atoms with Gasteiger partial charge in [0.05, 0.1) is 0 Å². The predicted octanol–water partition coefficient (Wildman–Crippen LogP) is 6.77. The van der Waals surface area contributed by atoms with E-state index in [2.05, 4.69) is 33.8 Å². The van der Waals surface area contributed by atoms with Gasteiger partial charge >= 0.3 is 0 Å². The monoisotopic (exact) mass is 264 g/mol. The van der Waals surface area contributed by atoms with Crippen molar-refractivity contribution in [3.8, 4) is 0 Å². The molecule has 2 radical (unpaired) electrons. The molecule has 0 aromatic carbocycles. The molecular formula is C19H36. The highest BCUT2D eigenvalue weighted by Crippen LogP contribution is 2.25. The molecule has 0 N–H and O–H groups in total. The smallest absolute Gasteiger partial charge is 0.0316 e. The maximum absolute atomic E-state index is 3.90. The summed E-state index contributed by atoms with van der Waals surface area (Å²) >= 11 is 0. The van der Waals surface area contributed by atoms with Crippen LogP contribution in [0.15, 0.2) is 12.2 Å². The lowest BCUT2D eigenvalue weighted by atomic mass is 9.86. The number of allylic oxidation sites excluding steroid dienone is 2. The Morgan fingerprint density at radius 1 is 0.842 bits per heavy atom. The fraction of sp³-hybridized carbons (Fsp3) is 0.789. The number of hydrogen-bond donors (Lipinski definition) is 0. The van der Waals surface area contributed by atoms with Gasteiger partial charge in [-0.2, -0.15) is 0 Å². The van der Waals surface area contributed by atoms with Gasteiger partial charge in [-0.1, -0.05) is 90.7 Å². The van der Waals surface area contributed by atoms with Crippen LogP contribution in [0, 0.1) is 25.7 Å². The van der Waals surface area contributed by atoms with E-state index in [0.717, 1.165) is 18.3 Å². The zero-order valence-corrected chi connectivity index (χ0v) is 13.5. The van der Waals surface area contributed by atoms with Gasteiger partial charge in [0.2, 0.25) is 0 Å². The van der Waals surface area contributed by atoms with Crippen LogP contribution in [0.3, 0.4) is 0 Å². The van der Waals surface area contributed by atoms with Crippen LogP contribution in [0.25, 0.3) is 0 Å². The minimum absolute atomic E-state index is 0.850. The van der Waals surface area contributed by atoms with E-state index in [4.69, 9.17) is 0 Å². The van der Waals surface area contributed by atoms with E-state index in [1.54, 1.807) is 0 Å². The number of rotatable bonds is 13. The highest BCUT2D eigenvalue weighted by molar-refractivity contribution is 4.83. The van der Waals surface area contributed by atoms with E-state index < -0.39 is 0 Å². The van der Waals surface area contributed by atoms with E-state index in [-0.39, 0.29) is 0 Å². The van der Waals surface area contributed by atoms with Gasteiger partial charge < -0.3 is 0 Å². The van der Waals surface area contributed by atoms with Gasteiger partial charge in [-0.15, -0.1) is 0 Å². The van der Waals surface area contributed by atoms with Crippen LogP contribution in [-0.4, -0.2) is 0 Å². The first-order valence-electron chi connectivity index (χ1n) is 8.45. The van der Waals surface area contributed by atoms with Gasteiger partial charge in [-0.25, -0.2) is 0 Å². The van der Waals surface area contributed by atoms with E-state index in [0.29, 0.717) is 0 Å². The number of hydrogen-bond acceptors (Lipinski definition) is 0. The number of unbranched alkanes of at least 4 members (excludes halogenated alkanes) is 7. The van der Waals surface area contributed by atoms with Crippen molar-refractivity contribution in [2.75, 3.05) is 0 Å². The molecule has 0 bridgehead atoms. The van der Waals surface area contributed by atoms with Crippen LogP contribution in [0.1, 0.15) is 84.5 Å². The van der Waals surface area contributed by atoms with Gasteiger partial charge in [0.15, 0.2) is 0 Å². The fourth-order valence-corrected chi connectivity index (χ4v) is 2.71. The standard InChI is InChI=1S/C19H36/c1-5-7-9-11-13-15-17-19(18(3)4)16-14-12-10-8-6-2/h6,8,18-19H,1-2,5,7,9-17H2,3-4H3. The highest BCUT2D eigenvalue weighted by Gasteiger charge is 2.12. The summed E-state index contributed by atoms with van der Waals surface area (Å²) in [5.41, 5.74) is 0. The van der Waals surface area contributed by atoms with Crippen LogP contribution in [0.5, 0.6) is 0 Å². The zero-order valence-electron chi connectivity index (χ0n) is 13.5. The lowest BCUT2D eigenvalue weighted by Gasteiger charge is -2.20. The first kappa shape index (κ1) is 18.7. The molecule has 0 heterocycles. The van der Waals surface area contributed by atoms with E-state index in [1.807, 2.05) is 6.08 Å². The normalized spacial score (nSPS) is 13.5. The molecule has 0 aliphatic carbocycles. The molecule has 0 saturated carbocycles. The summed E-state index contributed by atoms with van der Waals surface area (Å²) in [5, 5.41) is 0. The Hall–Kier alpha value is -0.260. The molecule has 0 aromatic heterocycles. The molecule has 0 aliphatic rings. The third kappa shape index (κ3) is 12.5. The second-order valence-electron chi connectivity index (χ2n) is 6.17. The van der Waals surface area contributed by atoms with Crippen molar-refractivity contribution < 1.29 is 0 Å². The van der Waals surface area contributed by atoms with Gasteiger partial charge in [-0.05, 0) is 31.6 Å². The lowest BCUT2D eigenvalue weighted by molar-refractivity contribution is 0.315. The molecule has 0 amide bonds. The predicted molar refractivity (Wildman–Crippen MR) is 89.0 cm³/mol. The topological polar surface area (TPSA) is 0 Å². The molecule has 0 saturated heterocycles. The molecule has 112 valence electrons. The van der Waals surface area contributed by atoms with E-state index in [9.17, 15) is 0 Å². The Kier molecular flexibility index (Phi) is 14.0. The van der Waals surface area contributed by atoms with Gasteiger partial charge in [0.1, 0.15) is 0 Å². The summed E-state index contributed by atoms with van der Waals surface area (Å²) in [4.78, 5) is 0. The van der Waals surface area contributed by atoms with Crippen molar-refractivity contribution in [2.24, 2.45) is 11.8 Å². The van der Waals surface area contributed by atoms with Gasteiger partial charge in [-0.3, -0.25) is 0 Å². The molecule has 0 fully saturated rings. The van der Waals surface area contributed by atoms with Crippen molar-refractivity contribution in [1.82, 2.24) is 0 Å². The Balaban J connectivity index is 3.57. The second kappa shape index (κ2) is 14.2. The molecule has 0 rings (SSSR count). The Morgan fingerprint density at radius 2 is 1.42 bits per heavy atom. The van der Waals surface area contributed by atoms with Crippen LogP contribution in [0.2, 0.25) is 0 Å². The lowest BCUT2D eigenvalue weighted by Crippen LogP contribution is -2.08. The molecule has 0 heteroatoms. The Bertz CT molecular complexity index is 190. The molecule has 0 spiro atoms. The van der Waals surface area contributed by atoms with Crippen molar-refractivity contribution in [3.63, 3.8) is 0 Å². The largest absolute Gasteiger partial charge is 0.0885 e. The second-order valence-corrected chi connectivity index (χ2v) is 6.17. The average Bonchev–Trinajstić information content (AvgIpc) is 2.39. The summed E-state index contributed by atoms with van der Waals surface area (Å²) < 4.78 is 0. The first-order chi connectivity index (χ1) is 9.22. The molecule has 0 nitrogen and oxygen atoms in total. The third-order valence-corrected chi connectivity index (χ3v) is 4.13. The third-order valence-electron chi connectivity index (χ3n) is 4.13. The SMILES string of the molecule is [CH2]C=CCCCCC(CCCCCCC[CH2])C(C)C. The van der Waals surface area contributed by atoms with Crippen molar-refractivity contribution >= 4 is 0 Å². The summed E-state index contributed by atoms with van der Waals surface area (Å²) in [6.07, 6.45) is 19.0. The van der Waals surface area contributed by atoms with Crippen molar-refractivity contribution in [2.45, 2.75) is 84.5 Å². The van der Waals surface area contributed by atoms with Crippen molar-refractivity contribution in [1.29, 1.82) is 0 Å². The van der Waals surface area contributed by atoms with Crippen molar-refractivity contribution in [3.05, 3.63) is 26.0 Å². The van der Waals surface area contributed by atoms with E-state index in [1.165, 1.54) is 64.2 Å². The molecular weight excluding hydrogens is 228 g/mol. The summed E-state index contributed by atoms with van der Waals surface area (Å²) in [7, 11) is 0. The van der Waals surface area contributed by atoms with Gasteiger partial charge in [0.25, 0.3) is 0 Å². The molecule has 0 aromatic rings. The molecule has 1 atom stereocenters. The zero-order chi connectivity index (χ0) is 14.3. The first-order valence-corrected chi connectivity index (χ1v) is 8.45. The minimum atomic E-state index is 0.850. The van der Waals surface area contributed by atoms with Crippen LogP contribution in [0.4, 0.5) is 0 Å². The summed E-state index contributed by atoms with van der Waals surface area (Å²) in [6.45, 7) is 12.4. The minimum Gasteiger partial charge on any atom is -0.0885 e. The molecule has 19 heavy (non-hydrogen) atoms. The van der Waals surface area contributed by atoms with Crippen LogP contribution < -0.4 is 0 Å².